The maximum absolute atomic E-state index is 11.9. The quantitative estimate of drug-likeness (QED) is 0.271. The van der Waals surface area contributed by atoms with Crippen molar-refractivity contribution in [2.75, 3.05) is 19.7 Å². The smallest absolute Gasteiger partial charge is 0.219 e. The van der Waals surface area contributed by atoms with Crippen LogP contribution in [-0.2, 0) is 14.3 Å². The zero-order valence-corrected chi connectivity index (χ0v) is 20.3. The largest absolute Gasteiger partial charge is 0.379 e. The van der Waals surface area contributed by atoms with Gasteiger partial charge in [0.25, 0.3) is 0 Å². The van der Waals surface area contributed by atoms with Gasteiger partial charge in [0.2, 0.25) is 5.91 Å². The van der Waals surface area contributed by atoms with Crippen molar-refractivity contribution in [1.29, 1.82) is 0 Å². The number of nitrogens with one attached hydrogen (secondary N) is 2. The monoisotopic (exact) mass is 428 g/mol. The van der Waals surface area contributed by atoms with E-state index in [2.05, 4.69) is 45.3 Å². The van der Waals surface area contributed by atoms with Crippen LogP contribution >= 0.6 is 0 Å². The lowest BCUT2D eigenvalue weighted by molar-refractivity contribution is -0.250. The van der Waals surface area contributed by atoms with E-state index in [9.17, 15) is 9.90 Å². The summed E-state index contributed by atoms with van der Waals surface area (Å²) >= 11 is 0. The van der Waals surface area contributed by atoms with Gasteiger partial charge in [-0.3, -0.25) is 10.1 Å². The van der Waals surface area contributed by atoms with E-state index in [0.29, 0.717) is 49.8 Å². The van der Waals surface area contributed by atoms with E-state index in [4.69, 9.17) is 9.47 Å². The van der Waals surface area contributed by atoms with Crippen LogP contribution in [0.15, 0.2) is 0 Å². The molecule has 1 amide bonds. The van der Waals surface area contributed by atoms with Gasteiger partial charge in [0.1, 0.15) is 6.23 Å². The van der Waals surface area contributed by atoms with Crippen molar-refractivity contribution < 1.29 is 19.4 Å². The zero-order valence-electron chi connectivity index (χ0n) is 20.3. The molecule has 178 valence electrons. The van der Waals surface area contributed by atoms with E-state index in [1.807, 2.05) is 6.92 Å². The van der Waals surface area contributed by atoms with Gasteiger partial charge < -0.3 is 19.9 Å². The summed E-state index contributed by atoms with van der Waals surface area (Å²) in [7, 11) is 0. The molecule has 6 nitrogen and oxygen atoms in total. The molecule has 6 atom stereocenters. The summed E-state index contributed by atoms with van der Waals surface area (Å²) in [6.07, 6.45) is 5.52. The van der Waals surface area contributed by atoms with Crippen molar-refractivity contribution in [2.24, 2.45) is 23.7 Å². The van der Waals surface area contributed by atoms with Crippen molar-refractivity contribution >= 4 is 5.91 Å². The molecular weight excluding hydrogens is 380 g/mol. The molecule has 1 rings (SSSR count). The molecule has 1 saturated heterocycles. The molecule has 30 heavy (non-hydrogen) atoms. The lowest BCUT2D eigenvalue weighted by Crippen LogP contribution is -2.46. The summed E-state index contributed by atoms with van der Waals surface area (Å²) in [4.78, 5) is 11.9. The van der Waals surface area contributed by atoms with Gasteiger partial charge in [-0.1, -0.05) is 48.0 Å². The number of rotatable bonds is 15. The van der Waals surface area contributed by atoms with E-state index in [1.165, 1.54) is 0 Å². The molecule has 6 heteroatoms. The summed E-state index contributed by atoms with van der Waals surface area (Å²) in [5, 5.41) is 15.6. The molecule has 0 bridgehead atoms. The number of carbonyl (C=O) groups excluding carboxylic acids is 1. The fourth-order valence-corrected chi connectivity index (χ4v) is 4.05. The fraction of sp³-hybridized carbons (Fsp3) is 0.958. The van der Waals surface area contributed by atoms with Crippen LogP contribution < -0.4 is 10.6 Å². The minimum Gasteiger partial charge on any atom is -0.379 e. The van der Waals surface area contributed by atoms with Crippen molar-refractivity contribution in [1.82, 2.24) is 10.6 Å². The number of amides is 1. The van der Waals surface area contributed by atoms with Crippen LogP contribution in [-0.4, -0.2) is 49.3 Å². The van der Waals surface area contributed by atoms with E-state index in [-0.39, 0.29) is 18.3 Å². The summed E-state index contributed by atoms with van der Waals surface area (Å²) in [6.45, 7) is 15.4. The Morgan fingerprint density at radius 3 is 2.47 bits per heavy atom. The summed E-state index contributed by atoms with van der Waals surface area (Å²) < 4.78 is 12.4. The maximum Gasteiger partial charge on any atom is 0.219 e. The molecule has 0 saturated carbocycles. The fourth-order valence-electron chi connectivity index (χ4n) is 4.05. The number of carbonyl (C=O) groups is 1. The first kappa shape index (κ1) is 27.3. The zero-order chi connectivity index (χ0) is 22.5. The number of aliphatic hydroxyl groups is 1. The highest BCUT2D eigenvalue weighted by Gasteiger charge is 2.39. The maximum atomic E-state index is 11.9. The van der Waals surface area contributed by atoms with Crippen LogP contribution in [0.25, 0.3) is 0 Å². The number of hydrogen-bond donors (Lipinski definition) is 3. The summed E-state index contributed by atoms with van der Waals surface area (Å²) in [6, 6.07) is 0. The topological polar surface area (TPSA) is 79.8 Å². The first-order valence-electron chi connectivity index (χ1n) is 12.2. The third kappa shape index (κ3) is 10.6. The van der Waals surface area contributed by atoms with Gasteiger partial charge >= 0.3 is 0 Å². The lowest BCUT2D eigenvalue weighted by Gasteiger charge is -2.44. The number of hydrogen-bond acceptors (Lipinski definition) is 5. The Morgan fingerprint density at radius 2 is 1.80 bits per heavy atom. The van der Waals surface area contributed by atoms with Crippen LogP contribution in [0.1, 0.15) is 86.5 Å². The highest BCUT2D eigenvalue weighted by atomic mass is 16.7. The second kappa shape index (κ2) is 15.2. The summed E-state index contributed by atoms with van der Waals surface area (Å²) in [5.41, 5.74) is 0. The molecular formula is C24H48N2O4. The van der Waals surface area contributed by atoms with Crippen LogP contribution in [0.4, 0.5) is 0 Å². The average Bonchev–Trinajstić information content (AvgIpc) is 2.68. The minimum atomic E-state index is -0.437. The third-order valence-corrected chi connectivity index (χ3v) is 6.39. The van der Waals surface area contributed by atoms with E-state index < -0.39 is 6.23 Å². The normalized spacial score (nSPS) is 27.9. The highest BCUT2D eigenvalue weighted by molar-refractivity contribution is 5.75. The molecule has 4 unspecified atom stereocenters. The molecule has 0 aromatic rings. The van der Waals surface area contributed by atoms with E-state index in [0.717, 1.165) is 38.5 Å². The molecule has 0 aromatic heterocycles. The highest BCUT2D eigenvalue weighted by Crippen LogP contribution is 2.37. The van der Waals surface area contributed by atoms with Crippen molar-refractivity contribution in [2.45, 2.75) is 105 Å². The third-order valence-electron chi connectivity index (χ3n) is 6.39. The Balaban J connectivity index is 2.14. The molecule has 0 spiro atoms. The van der Waals surface area contributed by atoms with Gasteiger partial charge in [0.05, 0.1) is 6.10 Å². The summed E-state index contributed by atoms with van der Waals surface area (Å²) in [5.74, 6) is 2.23. The number of unbranched alkanes of at least 4 members (excludes halogenated alkanes) is 1. The van der Waals surface area contributed by atoms with E-state index in [1.54, 1.807) is 0 Å². The second-order valence-electron chi connectivity index (χ2n) is 9.54. The minimum absolute atomic E-state index is 0.0887. The van der Waals surface area contributed by atoms with Crippen LogP contribution in [0, 0.1) is 23.7 Å². The van der Waals surface area contributed by atoms with Gasteiger partial charge in [-0.05, 0) is 56.4 Å². The molecule has 3 N–H and O–H groups in total. The lowest BCUT2D eigenvalue weighted by atomic mass is 9.77. The van der Waals surface area contributed by atoms with Gasteiger partial charge in [0.15, 0.2) is 6.29 Å². The SMILES string of the molecule is CCCC(O)NCCCNC(=O)CCCCO[C@@H]1OC(CC(C)C)[C@H](C)C(C)C1C. The molecule has 1 aliphatic rings. The average molecular weight is 429 g/mol. The molecule has 1 heterocycles. The van der Waals surface area contributed by atoms with Crippen LogP contribution in [0.5, 0.6) is 0 Å². The van der Waals surface area contributed by atoms with Gasteiger partial charge in [-0.2, -0.15) is 0 Å². The molecule has 0 aromatic carbocycles. The van der Waals surface area contributed by atoms with Crippen LogP contribution in [0.2, 0.25) is 0 Å². The van der Waals surface area contributed by atoms with Crippen molar-refractivity contribution in [3.05, 3.63) is 0 Å². The van der Waals surface area contributed by atoms with Gasteiger partial charge in [-0.15, -0.1) is 0 Å². The molecule has 1 aliphatic heterocycles. The first-order valence-corrected chi connectivity index (χ1v) is 12.2. The Kier molecular flexibility index (Phi) is 13.8. The molecule has 0 aliphatic carbocycles. The predicted octanol–water partition coefficient (Wildman–Crippen LogP) is 4.07. The van der Waals surface area contributed by atoms with Crippen molar-refractivity contribution in [3.63, 3.8) is 0 Å². The van der Waals surface area contributed by atoms with Gasteiger partial charge in [-0.25, -0.2) is 0 Å². The van der Waals surface area contributed by atoms with E-state index >= 15 is 0 Å². The Bertz CT molecular complexity index is 460. The van der Waals surface area contributed by atoms with Gasteiger partial charge in [0, 0.05) is 25.5 Å². The number of aliphatic hydroxyl groups excluding tert-OH is 1. The number of ether oxygens (including phenoxy) is 2. The Hall–Kier alpha value is -0.690. The molecule has 0 radical (unpaired) electrons. The van der Waals surface area contributed by atoms with Crippen molar-refractivity contribution in [3.8, 4) is 0 Å². The van der Waals surface area contributed by atoms with Crippen LogP contribution in [0.3, 0.4) is 0 Å². The Labute approximate surface area is 184 Å². The Morgan fingerprint density at radius 1 is 1.07 bits per heavy atom. The standard InChI is InChI=1S/C24H48N2O4/c1-7-11-22(27)25-13-10-14-26-23(28)12-8-9-15-29-24-20(6)18(4)19(5)21(30-24)16-17(2)3/h17-22,24-25,27H,7-16H2,1-6H3,(H,26,28)/t18?,19-,20?,21?,22?,24-/m1/s1. The predicted molar refractivity (Wildman–Crippen MR) is 122 cm³/mol. The first-order chi connectivity index (χ1) is 14.3. The molecule has 1 fully saturated rings. The second-order valence-corrected chi connectivity index (χ2v) is 9.54.